The summed E-state index contributed by atoms with van der Waals surface area (Å²) in [7, 11) is 6.36. The summed E-state index contributed by atoms with van der Waals surface area (Å²) in [6.07, 6.45) is 2.36. The lowest BCUT2D eigenvalue weighted by Crippen LogP contribution is -2.47. The van der Waals surface area contributed by atoms with Gasteiger partial charge in [0.1, 0.15) is 10.8 Å². The number of amides is 1. The Morgan fingerprint density at radius 2 is 1.40 bits per heavy atom. The molecule has 0 aliphatic carbocycles. The van der Waals surface area contributed by atoms with Crippen LogP contribution in [0.2, 0.25) is 0 Å². The molecule has 0 saturated carbocycles. The molecule has 4 aromatic carbocycles. The lowest BCUT2D eigenvalue weighted by atomic mass is 9.97. The van der Waals surface area contributed by atoms with E-state index >= 15 is 0 Å². The predicted molar refractivity (Wildman–Crippen MR) is 224 cm³/mol. The van der Waals surface area contributed by atoms with Gasteiger partial charge in [0, 0.05) is 63.7 Å². The monoisotopic (exact) mass is 793 g/mol. The van der Waals surface area contributed by atoms with Gasteiger partial charge >= 0.3 is 0 Å². The van der Waals surface area contributed by atoms with E-state index in [2.05, 4.69) is 40.1 Å². The first-order valence-corrected chi connectivity index (χ1v) is 20.2. The standard InChI is InChI=1S/C44H51N5O7S/c1-30(50)49-37(29-36(46-49)33-27-40(52-3)43(54-5)41(28-33)53-4)31-15-16-38(51-2)39(26-31)56-24-10-18-48-21-19-47(20-22-48)17-9-23-55-34-12-8-11-32(25-34)44-45-35-13-6-7-14-42(35)57-44/h6-8,11-16,25-28,37H,9-10,17-24,29H2,1-5H3. The average Bonchev–Trinajstić information content (AvgIpc) is 3.90. The molecule has 57 heavy (non-hydrogen) atoms. The molecule has 0 N–H and O–H groups in total. The van der Waals surface area contributed by atoms with Crippen molar-refractivity contribution in [3.05, 3.63) is 90.0 Å². The van der Waals surface area contributed by atoms with E-state index in [1.165, 1.54) is 16.6 Å². The minimum atomic E-state index is -0.311. The van der Waals surface area contributed by atoms with Crippen LogP contribution in [0.25, 0.3) is 20.8 Å². The maximum absolute atomic E-state index is 12.8. The number of nitrogens with zero attached hydrogens (tertiary/aromatic N) is 5. The number of hydrogen-bond acceptors (Lipinski definition) is 12. The topological polar surface area (TPSA) is 107 Å². The summed E-state index contributed by atoms with van der Waals surface area (Å²) in [6.45, 7) is 8.86. The number of rotatable bonds is 17. The molecule has 0 spiro atoms. The Balaban J connectivity index is 0.857. The van der Waals surface area contributed by atoms with E-state index in [1.54, 1.807) is 39.8 Å². The molecule has 3 heterocycles. The number of hydrazone groups is 1. The van der Waals surface area contributed by atoms with Gasteiger partial charge < -0.3 is 38.2 Å². The van der Waals surface area contributed by atoms with Crippen molar-refractivity contribution in [2.75, 3.05) is 80.9 Å². The van der Waals surface area contributed by atoms with Gasteiger partial charge in [-0.15, -0.1) is 11.3 Å². The second-order valence-electron chi connectivity index (χ2n) is 14.1. The van der Waals surface area contributed by atoms with Gasteiger partial charge in [0.2, 0.25) is 11.7 Å². The van der Waals surface area contributed by atoms with Crippen molar-refractivity contribution in [3.63, 3.8) is 0 Å². The van der Waals surface area contributed by atoms with Crippen molar-refractivity contribution in [2.24, 2.45) is 5.10 Å². The number of carbonyl (C=O) groups excluding carboxylic acids is 1. The van der Waals surface area contributed by atoms with Crippen LogP contribution >= 0.6 is 11.3 Å². The summed E-state index contributed by atoms with van der Waals surface area (Å²) in [6, 6.07) is 25.7. The molecule has 1 atom stereocenters. The third kappa shape index (κ3) is 9.44. The number of aromatic nitrogens is 1. The second kappa shape index (κ2) is 18.7. The largest absolute Gasteiger partial charge is 0.494 e. The summed E-state index contributed by atoms with van der Waals surface area (Å²) < 4.78 is 35.9. The van der Waals surface area contributed by atoms with Gasteiger partial charge in [0.05, 0.1) is 63.6 Å². The molecule has 1 amide bonds. The molecule has 2 aliphatic rings. The average molecular weight is 794 g/mol. The smallest absolute Gasteiger partial charge is 0.240 e. The SMILES string of the molecule is COc1ccc(C2CC(c3cc(OC)c(OC)c(OC)c3)=NN2C(C)=O)cc1OCCCN1CCN(CCCOc2cccc(-c3nc4ccccc4s3)c2)CC1. The summed E-state index contributed by atoms with van der Waals surface area (Å²) in [5.41, 5.74) is 4.56. The fraction of sp³-hybridized carbons (Fsp3) is 0.386. The van der Waals surface area contributed by atoms with E-state index < -0.39 is 0 Å². The Morgan fingerprint density at radius 3 is 2.05 bits per heavy atom. The van der Waals surface area contributed by atoms with Crippen LogP contribution in [-0.4, -0.2) is 112 Å². The van der Waals surface area contributed by atoms with E-state index in [0.717, 1.165) is 90.8 Å². The van der Waals surface area contributed by atoms with Gasteiger partial charge in [-0.1, -0.05) is 30.3 Å². The minimum absolute atomic E-state index is 0.156. The molecule has 5 aromatic rings. The first kappa shape index (κ1) is 39.8. The van der Waals surface area contributed by atoms with Crippen LogP contribution in [0.1, 0.15) is 43.4 Å². The van der Waals surface area contributed by atoms with Crippen molar-refractivity contribution in [3.8, 4) is 45.1 Å². The van der Waals surface area contributed by atoms with Crippen molar-refractivity contribution in [1.29, 1.82) is 0 Å². The van der Waals surface area contributed by atoms with Crippen LogP contribution in [-0.2, 0) is 4.79 Å². The zero-order valence-corrected chi connectivity index (χ0v) is 34.2. The molecule has 13 heteroatoms. The molecule has 0 bridgehead atoms. The van der Waals surface area contributed by atoms with Gasteiger partial charge in [-0.05, 0) is 66.9 Å². The lowest BCUT2D eigenvalue weighted by Gasteiger charge is -2.34. The molecule has 300 valence electrons. The number of fused-ring (bicyclic) bond motifs is 1. The molecule has 12 nitrogen and oxygen atoms in total. The molecule has 1 aromatic heterocycles. The summed E-state index contributed by atoms with van der Waals surface area (Å²) >= 11 is 1.71. The highest BCUT2D eigenvalue weighted by atomic mass is 32.1. The number of carbonyl (C=O) groups is 1. The van der Waals surface area contributed by atoms with E-state index in [-0.39, 0.29) is 11.9 Å². The van der Waals surface area contributed by atoms with Gasteiger partial charge in [0.15, 0.2) is 23.0 Å². The van der Waals surface area contributed by atoms with E-state index in [1.807, 2.05) is 48.5 Å². The van der Waals surface area contributed by atoms with E-state index in [0.29, 0.717) is 48.4 Å². The minimum Gasteiger partial charge on any atom is -0.494 e. The van der Waals surface area contributed by atoms with Crippen molar-refractivity contribution < 1.29 is 33.2 Å². The molecular weight excluding hydrogens is 743 g/mol. The van der Waals surface area contributed by atoms with Crippen molar-refractivity contribution in [2.45, 2.75) is 32.2 Å². The third-order valence-corrected chi connectivity index (χ3v) is 11.5. The fourth-order valence-electron chi connectivity index (χ4n) is 7.40. The molecule has 7 rings (SSSR count). The number of methoxy groups -OCH3 is 4. The first-order valence-electron chi connectivity index (χ1n) is 19.4. The predicted octanol–water partition coefficient (Wildman–Crippen LogP) is 7.55. The number of piperazine rings is 1. The number of ether oxygens (including phenoxy) is 6. The molecule has 1 unspecified atom stereocenters. The molecule has 0 radical (unpaired) electrons. The second-order valence-corrected chi connectivity index (χ2v) is 15.1. The van der Waals surface area contributed by atoms with Crippen LogP contribution in [0.15, 0.2) is 84.0 Å². The van der Waals surface area contributed by atoms with Gasteiger partial charge in [-0.2, -0.15) is 5.10 Å². The Morgan fingerprint density at radius 1 is 0.719 bits per heavy atom. The third-order valence-electron chi connectivity index (χ3n) is 10.4. The molecule has 1 saturated heterocycles. The van der Waals surface area contributed by atoms with Crippen molar-refractivity contribution in [1.82, 2.24) is 19.8 Å². The maximum Gasteiger partial charge on any atom is 0.240 e. The summed E-state index contributed by atoms with van der Waals surface area (Å²) in [5, 5.41) is 7.28. The quantitative estimate of drug-likeness (QED) is 0.0877. The number of hydrogen-bond donors (Lipinski definition) is 0. The highest BCUT2D eigenvalue weighted by Gasteiger charge is 2.33. The lowest BCUT2D eigenvalue weighted by molar-refractivity contribution is -0.130. The van der Waals surface area contributed by atoms with Crippen molar-refractivity contribution >= 4 is 33.2 Å². The molecule has 2 aliphatic heterocycles. The van der Waals surface area contributed by atoms with E-state index in [4.69, 9.17) is 38.5 Å². The Kier molecular flexibility index (Phi) is 13.1. The number of thiazole rings is 1. The Labute approximate surface area is 338 Å². The zero-order chi connectivity index (χ0) is 39.7. The Bertz CT molecular complexity index is 2130. The van der Waals surface area contributed by atoms with Crippen LogP contribution in [0.5, 0.6) is 34.5 Å². The molecular formula is C44H51N5O7S. The normalized spacial score (nSPS) is 16.1. The number of benzene rings is 4. The van der Waals surface area contributed by atoms with Crippen LogP contribution < -0.4 is 28.4 Å². The fourth-order valence-corrected chi connectivity index (χ4v) is 8.36. The van der Waals surface area contributed by atoms with Gasteiger partial charge in [-0.3, -0.25) is 4.79 Å². The van der Waals surface area contributed by atoms with Crippen LogP contribution in [0.3, 0.4) is 0 Å². The maximum atomic E-state index is 12.8. The van der Waals surface area contributed by atoms with Gasteiger partial charge in [-0.25, -0.2) is 9.99 Å². The Hall–Kier alpha value is -5.37. The summed E-state index contributed by atoms with van der Waals surface area (Å²) in [5.74, 6) is 3.57. The molecule has 1 fully saturated rings. The van der Waals surface area contributed by atoms with E-state index in [9.17, 15) is 4.79 Å². The highest BCUT2D eigenvalue weighted by Crippen LogP contribution is 2.42. The number of para-hydroxylation sites is 1. The first-order chi connectivity index (χ1) is 27.9. The van der Waals surface area contributed by atoms with Crippen LogP contribution in [0, 0.1) is 0 Å². The summed E-state index contributed by atoms with van der Waals surface area (Å²) in [4.78, 5) is 22.6. The highest BCUT2D eigenvalue weighted by molar-refractivity contribution is 7.21. The zero-order valence-electron chi connectivity index (χ0n) is 33.4. The van der Waals surface area contributed by atoms with Crippen LogP contribution in [0.4, 0.5) is 0 Å². The van der Waals surface area contributed by atoms with Gasteiger partial charge in [0.25, 0.3) is 0 Å².